The van der Waals surface area contributed by atoms with Crippen LogP contribution < -0.4 is 5.73 Å². The monoisotopic (exact) mass is 248 g/mol. The highest BCUT2D eigenvalue weighted by Crippen LogP contribution is 2.14. The lowest BCUT2D eigenvalue weighted by Crippen LogP contribution is -2.16. The predicted octanol–water partition coefficient (Wildman–Crippen LogP) is 1.17. The zero-order valence-corrected chi connectivity index (χ0v) is 9.92. The minimum atomic E-state index is -2.97. The molecule has 0 radical (unpaired) electrons. The van der Waals surface area contributed by atoms with E-state index in [0.717, 1.165) is 0 Å². The van der Waals surface area contributed by atoms with Crippen LogP contribution >= 0.6 is 11.6 Å². The molecule has 4 nitrogen and oxygen atoms in total. The number of aromatic nitrogens is 1. The van der Waals surface area contributed by atoms with Gasteiger partial charge in [-0.2, -0.15) is 0 Å². The Morgan fingerprint density at radius 2 is 2.20 bits per heavy atom. The maximum absolute atomic E-state index is 10.9. The molecular weight excluding hydrogens is 236 g/mol. The van der Waals surface area contributed by atoms with Gasteiger partial charge in [0.15, 0.2) is 0 Å². The van der Waals surface area contributed by atoms with E-state index in [4.69, 9.17) is 17.3 Å². The van der Waals surface area contributed by atoms with E-state index in [0.29, 0.717) is 17.1 Å². The molecule has 1 heterocycles. The standard InChI is InChI=1S/C9H13ClN2O2S/c1-15(13,14)5-4-8(11)9-3-2-7(10)6-12-9/h2-3,6,8H,4-5,11H2,1H3. The molecule has 0 aliphatic heterocycles. The summed E-state index contributed by atoms with van der Waals surface area (Å²) in [5.41, 5.74) is 6.44. The SMILES string of the molecule is CS(=O)(=O)CCC(N)c1ccc(Cl)cn1. The number of hydrogen-bond donors (Lipinski definition) is 1. The number of sulfone groups is 1. The molecule has 6 heteroatoms. The minimum absolute atomic E-state index is 0.0679. The minimum Gasteiger partial charge on any atom is -0.323 e. The van der Waals surface area contributed by atoms with Gasteiger partial charge in [0.2, 0.25) is 0 Å². The van der Waals surface area contributed by atoms with E-state index in [1.807, 2.05) is 0 Å². The van der Waals surface area contributed by atoms with Crippen molar-refractivity contribution in [3.63, 3.8) is 0 Å². The molecule has 2 N–H and O–H groups in total. The maximum atomic E-state index is 10.9. The van der Waals surface area contributed by atoms with Crippen LogP contribution in [-0.2, 0) is 9.84 Å². The first kappa shape index (κ1) is 12.4. The van der Waals surface area contributed by atoms with Crippen molar-refractivity contribution in [3.8, 4) is 0 Å². The Balaban J connectivity index is 2.61. The van der Waals surface area contributed by atoms with Gasteiger partial charge in [0, 0.05) is 18.5 Å². The number of hydrogen-bond acceptors (Lipinski definition) is 4. The summed E-state index contributed by atoms with van der Waals surface area (Å²) in [6.07, 6.45) is 3.06. The van der Waals surface area contributed by atoms with E-state index in [2.05, 4.69) is 4.98 Å². The molecule has 1 aromatic heterocycles. The highest BCUT2D eigenvalue weighted by molar-refractivity contribution is 7.90. The molecule has 0 saturated heterocycles. The Kier molecular flexibility index (Phi) is 4.07. The summed E-state index contributed by atoms with van der Waals surface area (Å²) < 4.78 is 21.8. The molecule has 0 spiro atoms. The van der Waals surface area contributed by atoms with E-state index >= 15 is 0 Å². The van der Waals surface area contributed by atoms with Crippen molar-refractivity contribution in [2.24, 2.45) is 5.73 Å². The number of halogens is 1. The van der Waals surface area contributed by atoms with Gasteiger partial charge in [-0.25, -0.2) is 8.42 Å². The quantitative estimate of drug-likeness (QED) is 0.868. The average Bonchev–Trinajstić information content (AvgIpc) is 2.14. The van der Waals surface area contributed by atoms with Gasteiger partial charge in [-0.3, -0.25) is 4.98 Å². The van der Waals surface area contributed by atoms with E-state index in [9.17, 15) is 8.42 Å². The van der Waals surface area contributed by atoms with Gasteiger partial charge in [-0.05, 0) is 18.6 Å². The van der Waals surface area contributed by atoms with Gasteiger partial charge in [-0.1, -0.05) is 11.6 Å². The van der Waals surface area contributed by atoms with Gasteiger partial charge >= 0.3 is 0 Å². The van der Waals surface area contributed by atoms with Crippen molar-refractivity contribution in [2.45, 2.75) is 12.5 Å². The second-order valence-corrected chi connectivity index (χ2v) is 6.12. The summed E-state index contributed by atoms with van der Waals surface area (Å²) in [6, 6.07) is 3.02. The molecule has 1 aromatic rings. The molecule has 15 heavy (non-hydrogen) atoms. The van der Waals surface area contributed by atoms with E-state index in [1.54, 1.807) is 12.1 Å². The topological polar surface area (TPSA) is 73.0 Å². The number of pyridine rings is 1. The van der Waals surface area contributed by atoms with Crippen LogP contribution in [0.4, 0.5) is 0 Å². The number of nitrogens with zero attached hydrogens (tertiary/aromatic N) is 1. The molecular formula is C9H13ClN2O2S. The van der Waals surface area contributed by atoms with Gasteiger partial charge < -0.3 is 5.73 Å². The summed E-state index contributed by atoms with van der Waals surface area (Å²) in [4.78, 5) is 4.03. The second kappa shape index (κ2) is 4.92. The van der Waals surface area contributed by atoms with Gasteiger partial charge in [0.1, 0.15) is 9.84 Å². The summed E-state index contributed by atoms with van der Waals surface area (Å²) in [6.45, 7) is 0. The lowest BCUT2D eigenvalue weighted by Gasteiger charge is -2.09. The number of nitrogens with two attached hydrogens (primary N) is 1. The molecule has 1 atom stereocenters. The summed E-state index contributed by atoms with van der Waals surface area (Å²) in [5, 5.41) is 0.536. The van der Waals surface area contributed by atoms with Crippen LogP contribution in [0.2, 0.25) is 5.02 Å². The zero-order valence-electron chi connectivity index (χ0n) is 8.35. The Bertz CT molecular complexity index is 416. The van der Waals surface area contributed by atoms with Gasteiger partial charge in [-0.15, -0.1) is 0 Å². The smallest absolute Gasteiger partial charge is 0.147 e. The van der Waals surface area contributed by atoms with Crippen LogP contribution in [0.15, 0.2) is 18.3 Å². The van der Waals surface area contributed by atoms with Crippen LogP contribution in [-0.4, -0.2) is 25.4 Å². The Morgan fingerprint density at radius 1 is 1.53 bits per heavy atom. The highest BCUT2D eigenvalue weighted by Gasteiger charge is 2.11. The highest BCUT2D eigenvalue weighted by atomic mass is 35.5. The summed E-state index contributed by atoms with van der Waals surface area (Å²) >= 11 is 5.67. The molecule has 84 valence electrons. The molecule has 0 amide bonds. The lowest BCUT2D eigenvalue weighted by atomic mass is 10.1. The van der Waals surface area contributed by atoms with Crippen LogP contribution in [0.1, 0.15) is 18.2 Å². The van der Waals surface area contributed by atoms with Crippen molar-refractivity contribution in [2.75, 3.05) is 12.0 Å². The van der Waals surface area contributed by atoms with Crippen LogP contribution in [0.25, 0.3) is 0 Å². The largest absolute Gasteiger partial charge is 0.323 e. The lowest BCUT2D eigenvalue weighted by molar-refractivity contribution is 0.590. The fourth-order valence-electron chi connectivity index (χ4n) is 1.10. The Hall–Kier alpha value is -0.650. The predicted molar refractivity (Wildman–Crippen MR) is 60.5 cm³/mol. The van der Waals surface area contributed by atoms with Gasteiger partial charge in [0.25, 0.3) is 0 Å². The van der Waals surface area contributed by atoms with Crippen LogP contribution in [0.5, 0.6) is 0 Å². The molecule has 0 saturated carbocycles. The molecule has 1 rings (SSSR count). The normalized spacial score (nSPS) is 13.8. The van der Waals surface area contributed by atoms with Crippen molar-refractivity contribution in [1.29, 1.82) is 0 Å². The third kappa shape index (κ3) is 4.59. The van der Waals surface area contributed by atoms with E-state index < -0.39 is 9.84 Å². The maximum Gasteiger partial charge on any atom is 0.147 e. The molecule has 0 bridgehead atoms. The van der Waals surface area contributed by atoms with Crippen molar-refractivity contribution in [1.82, 2.24) is 4.98 Å². The van der Waals surface area contributed by atoms with Crippen molar-refractivity contribution in [3.05, 3.63) is 29.0 Å². The molecule has 0 aromatic carbocycles. The van der Waals surface area contributed by atoms with Crippen molar-refractivity contribution < 1.29 is 8.42 Å². The fraction of sp³-hybridized carbons (Fsp3) is 0.444. The first-order chi connectivity index (χ1) is 6.88. The fourth-order valence-corrected chi connectivity index (χ4v) is 1.89. The molecule has 0 aliphatic carbocycles. The zero-order chi connectivity index (χ0) is 11.5. The third-order valence-corrected chi connectivity index (χ3v) is 3.13. The van der Waals surface area contributed by atoms with E-state index in [-0.39, 0.29) is 11.8 Å². The molecule has 0 aliphatic rings. The summed E-state index contributed by atoms with van der Waals surface area (Å²) in [5.74, 6) is 0.0679. The molecule has 1 unspecified atom stereocenters. The second-order valence-electron chi connectivity index (χ2n) is 3.43. The third-order valence-electron chi connectivity index (χ3n) is 1.93. The molecule has 0 fully saturated rings. The number of rotatable bonds is 4. The van der Waals surface area contributed by atoms with Crippen LogP contribution in [0.3, 0.4) is 0 Å². The Morgan fingerprint density at radius 3 is 2.67 bits per heavy atom. The average molecular weight is 249 g/mol. The van der Waals surface area contributed by atoms with Gasteiger partial charge in [0.05, 0.1) is 16.5 Å². The van der Waals surface area contributed by atoms with Crippen LogP contribution in [0, 0.1) is 0 Å². The first-order valence-corrected chi connectivity index (χ1v) is 6.87. The first-order valence-electron chi connectivity index (χ1n) is 4.43. The van der Waals surface area contributed by atoms with Crippen molar-refractivity contribution >= 4 is 21.4 Å². The van der Waals surface area contributed by atoms with E-state index in [1.165, 1.54) is 12.5 Å². The summed E-state index contributed by atoms with van der Waals surface area (Å²) in [7, 11) is -2.97. The Labute approximate surface area is 94.4 Å².